The van der Waals surface area contributed by atoms with Gasteiger partial charge in [0, 0.05) is 11.8 Å². The number of hydrogen-bond donors (Lipinski definition) is 0. The van der Waals surface area contributed by atoms with E-state index in [-0.39, 0.29) is 0 Å². The number of methoxy groups -OCH3 is 1. The van der Waals surface area contributed by atoms with E-state index in [9.17, 15) is 5.26 Å². The number of halogens is 1. The molecule has 142 valence electrons. The third-order valence-electron chi connectivity index (χ3n) is 4.29. The normalized spacial score (nSPS) is 10.8. The number of nitriles is 1. The van der Waals surface area contributed by atoms with Crippen molar-refractivity contribution in [2.45, 2.75) is 20.5 Å². The molecule has 0 radical (unpaired) electrons. The Labute approximate surface area is 177 Å². The van der Waals surface area contributed by atoms with Crippen LogP contribution in [0.5, 0.6) is 11.5 Å². The zero-order chi connectivity index (χ0) is 20.1. The van der Waals surface area contributed by atoms with E-state index in [1.807, 2.05) is 56.3 Å². The molecule has 0 bridgehead atoms. The van der Waals surface area contributed by atoms with Crippen LogP contribution in [0.25, 0.3) is 0 Å². The van der Waals surface area contributed by atoms with E-state index in [1.54, 1.807) is 13.3 Å². The Morgan fingerprint density at radius 1 is 1.21 bits per heavy atom. The maximum atomic E-state index is 9.30. The molecule has 1 heterocycles. The molecule has 2 aromatic carbocycles. The van der Waals surface area contributed by atoms with Crippen LogP contribution in [0.15, 0.2) is 51.9 Å². The van der Waals surface area contributed by atoms with Gasteiger partial charge in [-0.1, -0.05) is 30.3 Å². The van der Waals surface area contributed by atoms with E-state index in [2.05, 4.69) is 33.7 Å². The summed E-state index contributed by atoms with van der Waals surface area (Å²) in [5.74, 6) is 2.32. The largest absolute Gasteiger partial charge is 0.493 e. The molecule has 0 aliphatic rings. The smallest absolute Gasteiger partial charge is 0.237 e. The lowest BCUT2D eigenvalue weighted by Crippen LogP contribution is -2.00. The number of ether oxygens (including phenoxy) is 2. The lowest BCUT2D eigenvalue weighted by molar-refractivity contribution is 0.282. The Morgan fingerprint density at radius 2 is 1.96 bits per heavy atom. The Bertz CT molecular complexity index is 1050. The molecule has 0 aliphatic heterocycles. The van der Waals surface area contributed by atoms with Gasteiger partial charge in [0.25, 0.3) is 0 Å². The zero-order valence-electron chi connectivity index (χ0n) is 15.8. The number of benzene rings is 2. The second-order valence-electron chi connectivity index (χ2n) is 6.14. The number of rotatable bonds is 6. The Balaban J connectivity index is 1.85. The van der Waals surface area contributed by atoms with Crippen LogP contribution in [0.2, 0.25) is 0 Å². The topological polar surface area (TPSA) is 67.8 Å². The van der Waals surface area contributed by atoms with Crippen molar-refractivity contribution in [1.82, 2.24) is 0 Å². The van der Waals surface area contributed by atoms with Crippen LogP contribution in [0.3, 0.4) is 0 Å². The molecule has 0 amide bonds. The number of nitrogens with zero attached hydrogens (tertiary/aromatic N) is 2. The van der Waals surface area contributed by atoms with Gasteiger partial charge in [0.15, 0.2) is 11.5 Å². The molecule has 3 aromatic rings. The van der Waals surface area contributed by atoms with Crippen LogP contribution in [0.1, 0.15) is 28.0 Å². The van der Waals surface area contributed by atoms with Crippen molar-refractivity contribution in [3.63, 3.8) is 0 Å². The molecule has 0 spiro atoms. The van der Waals surface area contributed by atoms with Crippen LogP contribution in [-0.4, -0.2) is 13.3 Å². The van der Waals surface area contributed by atoms with Crippen LogP contribution in [0, 0.1) is 28.7 Å². The average molecular weight is 486 g/mol. The summed E-state index contributed by atoms with van der Waals surface area (Å²) in [6.45, 7) is 4.12. The summed E-state index contributed by atoms with van der Waals surface area (Å²) in [4.78, 5) is 4.35. The summed E-state index contributed by atoms with van der Waals surface area (Å²) in [6, 6.07) is 15.9. The van der Waals surface area contributed by atoms with Crippen LogP contribution in [0.4, 0.5) is 5.88 Å². The lowest BCUT2D eigenvalue weighted by atomic mass is 10.2. The van der Waals surface area contributed by atoms with Crippen molar-refractivity contribution in [1.29, 1.82) is 5.26 Å². The predicted molar refractivity (Wildman–Crippen MR) is 117 cm³/mol. The molecule has 0 saturated heterocycles. The molecule has 6 heteroatoms. The van der Waals surface area contributed by atoms with Crippen molar-refractivity contribution in [2.75, 3.05) is 7.11 Å². The van der Waals surface area contributed by atoms with E-state index in [0.29, 0.717) is 35.3 Å². The van der Waals surface area contributed by atoms with Gasteiger partial charge in [-0.25, -0.2) is 4.99 Å². The van der Waals surface area contributed by atoms with Gasteiger partial charge in [0.2, 0.25) is 5.88 Å². The van der Waals surface area contributed by atoms with Gasteiger partial charge in [0.1, 0.15) is 24.0 Å². The predicted octanol–water partition coefficient (Wildman–Crippen LogP) is 5.71. The Kier molecular flexibility index (Phi) is 6.37. The van der Waals surface area contributed by atoms with E-state index >= 15 is 0 Å². The lowest BCUT2D eigenvalue weighted by Gasteiger charge is -2.13. The molecule has 0 atom stereocenters. The van der Waals surface area contributed by atoms with Crippen molar-refractivity contribution in [2.24, 2.45) is 4.99 Å². The van der Waals surface area contributed by atoms with Gasteiger partial charge in [-0.15, -0.1) is 0 Å². The second kappa shape index (κ2) is 8.93. The van der Waals surface area contributed by atoms with Crippen LogP contribution >= 0.6 is 22.6 Å². The van der Waals surface area contributed by atoms with Crippen molar-refractivity contribution >= 4 is 34.7 Å². The van der Waals surface area contributed by atoms with E-state index in [0.717, 1.165) is 20.3 Å². The quantitative estimate of drug-likeness (QED) is 0.331. The third-order valence-corrected chi connectivity index (χ3v) is 5.09. The van der Waals surface area contributed by atoms with Gasteiger partial charge < -0.3 is 13.9 Å². The number of aryl methyl sites for hydroxylation is 1. The second-order valence-corrected chi connectivity index (χ2v) is 7.30. The number of hydrogen-bond acceptors (Lipinski definition) is 5. The summed E-state index contributed by atoms with van der Waals surface area (Å²) in [5, 5.41) is 9.30. The minimum absolute atomic E-state index is 0.316. The summed E-state index contributed by atoms with van der Waals surface area (Å²) >= 11 is 2.21. The van der Waals surface area contributed by atoms with Crippen molar-refractivity contribution < 1.29 is 13.9 Å². The van der Waals surface area contributed by atoms with Gasteiger partial charge in [-0.05, 0) is 59.7 Å². The first-order valence-corrected chi connectivity index (χ1v) is 9.69. The van der Waals surface area contributed by atoms with E-state index < -0.39 is 0 Å². The minimum atomic E-state index is 0.316. The van der Waals surface area contributed by atoms with E-state index in [1.165, 1.54) is 0 Å². The zero-order valence-corrected chi connectivity index (χ0v) is 18.0. The molecular formula is C22H19IN2O3. The molecule has 5 nitrogen and oxygen atoms in total. The summed E-state index contributed by atoms with van der Waals surface area (Å²) in [5.41, 5.74) is 3.17. The molecule has 0 fully saturated rings. The Morgan fingerprint density at radius 3 is 2.64 bits per heavy atom. The van der Waals surface area contributed by atoms with Crippen molar-refractivity contribution in [3.05, 3.63) is 74.0 Å². The summed E-state index contributed by atoms with van der Waals surface area (Å²) in [7, 11) is 1.61. The highest BCUT2D eigenvalue weighted by atomic mass is 127. The first-order valence-electron chi connectivity index (χ1n) is 8.62. The molecule has 0 aliphatic carbocycles. The molecule has 0 saturated carbocycles. The molecular weight excluding hydrogens is 467 g/mol. The fourth-order valence-corrected chi connectivity index (χ4v) is 3.43. The Hall–Kier alpha value is -2.79. The van der Waals surface area contributed by atoms with Gasteiger partial charge in [0.05, 0.1) is 10.7 Å². The van der Waals surface area contributed by atoms with Gasteiger partial charge >= 0.3 is 0 Å². The molecule has 0 N–H and O–H groups in total. The SMILES string of the molecule is COc1cc(C=Nc2oc(C)c(C)c2C#N)cc(I)c1OCc1ccccc1. The highest BCUT2D eigenvalue weighted by Gasteiger charge is 2.14. The van der Waals surface area contributed by atoms with Gasteiger partial charge in [-0.3, -0.25) is 0 Å². The monoisotopic (exact) mass is 486 g/mol. The standard InChI is InChI=1S/C22H19IN2O3/c1-14-15(2)28-22(18(14)11-24)25-12-17-9-19(23)21(20(10-17)26-3)27-13-16-7-5-4-6-8-16/h4-10,12H,13H2,1-3H3. The molecule has 0 unspecified atom stereocenters. The van der Waals surface area contributed by atoms with Crippen molar-refractivity contribution in [3.8, 4) is 17.6 Å². The van der Waals surface area contributed by atoms with Gasteiger partial charge in [-0.2, -0.15) is 5.26 Å². The summed E-state index contributed by atoms with van der Waals surface area (Å²) < 4.78 is 18.0. The third kappa shape index (κ3) is 4.37. The molecule has 28 heavy (non-hydrogen) atoms. The maximum absolute atomic E-state index is 9.30. The van der Waals surface area contributed by atoms with E-state index in [4.69, 9.17) is 13.9 Å². The fourth-order valence-electron chi connectivity index (χ4n) is 2.65. The average Bonchev–Trinajstić information content (AvgIpc) is 2.98. The fraction of sp³-hybridized carbons (Fsp3) is 0.182. The highest BCUT2D eigenvalue weighted by molar-refractivity contribution is 14.1. The molecule has 3 rings (SSSR count). The minimum Gasteiger partial charge on any atom is -0.493 e. The van der Waals surface area contributed by atoms with Crippen LogP contribution < -0.4 is 9.47 Å². The highest BCUT2D eigenvalue weighted by Crippen LogP contribution is 2.34. The number of aliphatic imine (C=N–C) groups is 1. The summed E-state index contributed by atoms with van der Waals surface area (Å²) in [6.07, 6.45) is 1.66. The number of furan rings is 1. The van der Waals surface area contributed by atoms with Crippen LogP contribution in [-0.2, 0) is 6.61 Å². The maximum Gasteiger partial charge on any atom is 0.237 e. The molecule has 1 aromatic heterocycles. The first-order chi connectivity index (χ1) is 13.5. The first kappa shape index (κ1) is 20.0.